The Kier molecular flexibility index (Phi) is 3.50. The lowest BCUT2D eigenvalue weighted by atomic mass is 9.90. The number of rotatable bonds is 3. The highest BCUT2D eigenvalue weighted by atomic mass is 16.5. The summed E-state index contributed by atoms with van der Waals surface area (Å²) in [6.45, 7) is 2.72. The lowest BCUT2D eigenvalue weighted by molar-refractivity contribution is 0.0458. The zero-order valence-corrected chi connectivity index (χ0v) is 11.4. The number of methoxy groups -OCH3 is 2. The predicted molar refractivity (Wildman–Crippen MR) is 70.2 cm³/mol. The number of likely N-dealkylation sites (tertiary alicyclic amines) is 1. The summed E-state index contributed by atoms with van der Waals surface area (Å²) < 4.78 is 10.6. The average molecular weight is 251 g/mol. The molecule has 0 amide bonds. The largest absolute Gasteiger partial charge is 0.497 e. The van der Waals surface area contributed by atoms with Crippen molar-refractivity contribution < 1.29 is 14.6 Å². The maximum absolute atomic E-state index is 10.9. The Hall–Kier alpha value is -1.26. The van der Waals surface area contributed by atoms with Gasteiger partial charge in [-0.25, -0.2) is 0 Å². The quantitative estimate of drug-likeness (QED) is 0.886. The molecule has 4 heteroatoms. The van der Waals surface area contributed by atoms with Crippen LogP contribution in [0.5, 0.6) is 11.5 Å². The van der Waals surface area contributed by atoms with Crippen LogP contribution in [0.1, 0.15) is 18.9 Å². The summed E-state index contributed by atoms with van der Waals surface area (Å²) in [5.41, 5.74) is -0.0609. The lowest BCUT2D eigenvalue weighted by Gasteiger charge is -2.25. The molecule has 100 valence electrons. The second-order valence-corrected chi connectivity index (χ2v) is 5.07. The van der Waals surface area contributed by atoms with E-state index in [4.69, 9.17) is 9.47 Å². The average Bonchev–Trinajstić information content (AvgIpc) is 2.63. The summed E-state index contributed by atoms with van der Waals surface area (Å²) in [6, 6.07) is 5.90. The topological polar surface area (TPSA) is 41.9 Å². The summed E-state index contributed by atoms with van der Waals surface area (Å²) in [5.74, 6) is 1.45. The van der Waals surface area contributed by atoms with Crippen LogP contribution in [-0.2, 0) is 5.60 Å². The summed E-state index contributed by atoms with van der Waals surface area (Å²) in [5, 5.41) is 10.9. The number of ether oxygens (including phenoxy) is 2. The van der Waals surface area contributed by atoms with Crippen molar-refractivity contribution in [2.75, 3.05) is 27.8 Å². The summed E-state index contributed by atoms with van der Waals surface area (Å²) in [7, 11) is 5.27. The van der Waals surface area contributed by atoms with Crippen LogP contribution >= 0.6 is 0 Å². The number of likely N-dealkylation sites (N-methyl/N-ethyl adjacent to an activating group) is 1. The van der Waals surface area contributed by atoms with Crippen molar-refractivity contribution in [2.24, 2.45) is 0 Å². The lowest BCUT2D eigenvalue weighted by Crippen LogP contribution is -2.29. The van der Waals surface area contributed by atoms with Crippen LogP contribution in [0.25, 0.3) is 0 Å². The first-order valence-corrected chi connectivity index (χ1v) is 6.15. The Morgan fingerprint density at radius 1 is 1.33 bits per heavy atom. The van der Waals surface area contributed by atoms with Gasteiger partial charge in [-0.05, 0) is 38.6 Å². The molecule has 0 spiro atoms. The smallest absolute Gasteiger partial charge is 0.125 e. The van der Waals surface area contributed by atoms with E-state index >= 15 is 0 Å². The van der Waals surface area contributed by atoms with Crippen LogP contribution < -0.4 is 9.47 Å². The fourth-order valence-electron chi connectivity index (χ4n) is 2.65. The van der Waals surface area contributed by atoms with E-state index in [0.29, 0.717) is 24.8 Å². The Bertz CT molecular complexity index is 423. The van der Waals surface area contributed by atoms with Gasteiger partial charge in [-0.3, -0.25) is 0 Å². The minimum absolute atomic E-state index is 0.353. The maximum atomic E-state index is 10.9. The van der Waals surface area contributed by atoms with E-state index in [2.05, 4.69) is 11.8 Å². The van der Waals surface area contributed by atoms with Gasteiger partial charge in [0.15, 0.2) is 0 Å². The number of nitrogens with zero attached hydrogens (tertiary/aromatic N) is 1. The van der Waals surface area contributed by atoms with E-state index in [1.807, 2.05) is 25.2 Å². The highest BCUT2D eigenvalue weighted by Crippen LogP contribution is 2.40. The van der Waals surface area contributed by atoms with Gasteiger partial charge in [0.2, 0.25) is 0 Å². The van der Waals surface area contributed by atoms with Crippen molar-refractivity contribution in [3.63, 3.8) is 0 Å². The molecule has 1 fully saturated rings. The highest BCUT2D eigenvalue weighted by Gasteiger charge is 2.42. The number of β-amino-alcohol motifs (C(OH)–C–C–N with tert-alkyl or cyclic N) is 1. The molecule has 1 aliphatic rings. The molecule has 1 saturated heterocycles. The van der Waals surface area contributed by atoms with Gasteiger partial charge in [0.25, 0.3) is 0 Å². The van der Waals surface area contributed by atoms with E-state index in [1.165, 1.54) is 0 Å². The molecule has 2 atom stereocenters. The number of benzene rings is 1. The molecular formula is C14H21NO3. The Morgan fingerprint density at radius 2 is 2.06 bits per heavy atom. The third-order valence-corrected chi connectivity index (χ3v) is 3.80. The Morgan fingerprint density at radius 3 is 2.56 bits per heavy atom. The normalized spacial score (nSPS) is 28.4. The summed E-state index contributed by atoms with van der Waals surface area (Å²) >= 11 is 0. The van der Waals surface area contributed by atoms with Gasteiger partial charge in [0.05, 0.1) is 14.2 Å². The molecule has 1 aliphatic heterocycles. The van der Waals surface area contributed by atoms with Crippen LogP contribution in [0.3, 0.4) is 0 Å². The number of aliphatic hydroxyl groups is 1. The molecule has 2 unspecified atom stereocenters. The number of hydrogen-bond donors (Lipinski definition) is 1. The van der Waals surface area contributed by atoms with E-state index < -0.39 is 5.60 Å². The third kappa shape index (κ3) is 2.18. The molecule has 0 saturated carbocycles. The maximum Gasteiger partial charge on any atom is 0.125 e. The highest BCUT2D eigenvalue weighted by molar-refractivity contribution is 5.44. The van der Waals surface area contributed by atoms with E-state index in [1.54, 1.807) is 14.2 Å². The Balaban J connectivity index is 2.42. The zero-order valence-electron chi connectivity index (χ0n) is 11.4. The fraction of sp³-hybridized carbons (Fsp3) is 0.571. The molecule has 1 aromatic rings. The third-order valence-electron chi connectivity index (χ3n) is 3.80. The van der Waals surface area contributed by atoms with Crippen LogP contribution in [0.2, 0.25) is 0 Å². The standard InChI is InChI=1S/C14H21NO3/c1-10-8-14(16,9-15(10)2)12-7-11(17-3)5-6-13(12)18-4/h5-7,10,16H,8-9H2,1-4H3. The van der Waals surface area contributed by atoms with Crippen molar-refractivity contribution in [1.29, 1.82) is 0 Å². The van der Waals surface area contributed by atoms with Gasteiger partial charge < -0.3 is 19.5 Å². The monoisotopic (exact) mass is 251 g/mol. The molecule has 2 rings (SSSR count). The molecule has 4 nitrogen and oxygen atoms in total. The molecule has 0 aliphatic carbocycles. The molecular weight excluding hydrogens is 230 g/mol. The summed E-state index contributed by atoms with van der Waals surface area (Å²) in [6.07, 6.45) is 0.701. The molecule has 0 bridgehead atoms. The van der Waals surface area contributed by atoms with Gasteiger partial charge in [-0.1, -0.05) is 0 Å². The minimum atomic E-state index is -0.867. The predicted octanol–water partition coefficient (Wildman–Crippen LogP) is 1.62. The van der Waals surface area contributed by atoms with Gasteiger partial charge in [0, 0.05) is 18.2 Å². The van der Waals surface area contributed by atoms with E-state index in [9.17, 15) is 5.11 Å². The fourth-order valence-corrected chi connectivity index (χ4v) is 2.65. The first kappa shape index (κ1) is 13.2. The minimum Gasteiger partial charge on any atom is -0.497 e. The molecule has 0 aromatic heterocycles. The summed E-state index contributed by atoms with van der Waals surface area (Å²) in [4.78, 5) is 2.15. The molecule has 0 radical (unpaired) electrons. The van der Waals surface area contributed by atoms with Crippen molar-refractivity contribution >= 4 is 0 Å². The molecule has 18 heavy (non-hydrogen) atoms. The molecule has 1 N–H and O–H groups in total. The van der Waals surface area contributed by atoms with Gasteiger partial charge in [-0.2, -0.15) is 0 Å². The Labute approximate surface area is 108 Å². The molecule has 1 heterocycles. The van der Waals surface area contributed by atoms with Gasteiger partial charge in [0.1, 0.15) is 17.1 Å². The van der Waals surface area contributed by atoms with Crippen LogP contribution in [0.15, 0.2) is 18.2 Å². The second kappa shape index (κ2) is 4.78. The van der Waals surface area contributed by atoms with Crippen LogP contribution in [0, 0.1) is 0 Å². The first-order chi connectivity index (χ1) is 8.50. The van der Waals surface area contributed by atoms with Crippen LogP contribution in [0.4, 0.5) is 0 Å². The van der Waals surface area contributed by atoms with Crippen molar-refractivity contribution in [2.45, 2.75) is 25.0 Å². The van der Waals surface area contributed by atoms with Crippen molar-refractivity contribution in [3.05, 3.63) is 23.8 Å². The second-order valence-electron chi connectivity index (χ2n) is 5.07. The van der Waals surface area contributed by atoms with E-state index in [0.717, 1.165) is 11.3 Å². The number of hydrogen-bond acceptors (Lipinski definition) is 4. The van der Waals surface area contributed by atoms with Crippen molar-refractivity contribution in [3.8, 4) is 11.5 Å². The van der Waals surface area contributed by atoms with Gasteiger partial charge >= 0.3 is 0 Å². The SMILES string of the molecule is COc1ccc(OC)c(C2(O)CC(C)N(C)C2)c1. The zero-order chi connectivity index (χ0) is 13.3. The molecule has 1 aromatic carbocycles. The van der Waals surface area contributed by atoms with Crippen molar-refractivity contribution in [1.82, 2.24) is 4.90 Å². The first-order valence-electron chi connectivity index (χ1n) is 6.15. The van der Waals surface area contributed by atoms with Gasteiger partial charge in [-0.15, -0.1) is 0 Å². The van der Waals surface area contributed by atoms with Crippen LogP contribution in [-0.4, -0.2) is 43.9 Å². The van der Waals surface area contributed by atoms with E-state index in [-0.39, 0.29) is 0 Å².